The maximum atomic E-state index is 11.3. The second-order valence-electron chi connectivity index (χ2n) is 9.48. The molecule has 0 spiro atoms. The lowest BCUT2D eigenvalue weighted by Crippen LogP contribution is -2.44. The first kappa shape index (κ1) is 27.6. The van der Waals surface area contributed by atoms with E-state index in [4.69, 9.17) is 4.74 Å². The molecule has 202 valence electrons. The average molecular weight is 537 g/mol. The normalized spacial score (nSPS) is 13.0. The van der Waals surface area contributed by atoms with Gasteiger partial charge in [0.05, 0.1) is 17.6 Å². The van der Waals surface area contributed by atoms with Gasteiger partial charge in [-0.3, -0.25) is 0 Å². The number of nitrogens with one attached hydrogen (secondary N) is 2. The Labute approximate surface area is 224 Å². The van der Waals surface area contributed by atoms with Gasteiger partial charge in [-0.25, -0.2) is 23.8 Å². The van der Waals surface area contributed by atoms with Crippen LogP contribution in [0.15, 0.2) is 60.9 Å². The Bertz CT molecular complexity index is 1400. The Morgan fingerprint density at radius 1 is 1.03 bits per heavy atom. The summed E-state index contributed by atoms with van der Waals surface area (Å²) < 4.78 is 28.5. The number of hydrogen-bond acceptors (Lipinski definition) is 9. The van der Waals surface area contributed by atoms with Crippen molar-refractivity contribution in [2.75, 3.05) is 50.6 Å². The highest BCUT2D eigenvalue weighted by Crippen LogP contribution is 2.18. The molecule has 0 saturated carbocycles. The molecule has 1 aromatic heterocycles. The first-order chi connectivity index (χ1) is 18.4. The third-order valence-corrected chi connectivity index (χ3v) is 7.10. The summed E-state index contributed by atoms with van der Waals surface area (Å²) >= 11 is 0. The summed E-state index contributed by atoms with van der Waals surface area (Å²) in [4.78, 5) is 11.0. The molecule has 0 unspecified atom stereocenters. The van der Waals surface area contributed by atoms with Crippen LogP contribution in [0.4, 0.5) is 11.5 Å². The summed E-state index contributed by atoms with van der Waals surface area (Å²) in [6, 6.07) is 18.0. The molecule has 4 rings (SSSR count). The lowest BCUT2D eigenvalue weighted by Gasteiger charge is -2.23. The van der Waals surface area contributed by atoms with Crippen LogP contribution in [0.1, 0.15) is 18.4 Å². The first-order valence-electron chi connectivity index (χ1n) is 12.8. The molecule has 0 radical (unpaired) electrons. The number of sulfone groups is 1. The Hall–Kier alpha value is -3.47. The van der Waals surface area contributed by atoms with Crippen LogP contribution in [-0.4, -0.2) is 73.5 Å². The van der Waals surface area contributed by atoms with Crippen LogP contribution in [0, 0.1) is 0 Å². The van der Waals surface area contributed by atoms with Gasteiger partial charge in [-0.05, 0) is 56.3 Å². The molecule has 0 saturated heterocycles. The highest BCUT2D eigenvalue weighted by atomic mass is 32.2. The zero-order valence-corrected chi connectivity index (χ0v) is 22.8. The summed E-state index contributed by atoms with van der Waals surface area (Å²) in [5.74, 6) is 1.78. The van der Waals surface area contributed by atoms with E-state index in [1.54, 1.807) is 6.33 Å². The smallest absolute Gasteiger partial charge is 0.148 e. The molecule has 2 heterocycles. The zero-order valence-electron chi connectivity index (χ0n) is 22.0. The van der Waals surface area contributed by atoms with E-state index in [0.717, 1.165) is 59.3 Å². The molecule has 2 aromatic carbocycles. The summed E-state index contributed by atoms with van der Waals surface area (Å²) in [5, 5.41) is 7.26. The number of ether oxygens (including phenoxy) is 1. The van der Waals surface area contributed by atoms with Crippen molar-refractivity contribution in [1.29, 1.82) is 0 Å². The zero-order chi connectivity index (χ0) is 26.8. The minimum atomic E-state index is -2.92. The van der Waals surface area contributed by atoms with Crippen molar-refractivity contribution in [3.8, 4) is 5.75 Å². The molecule has 0 fully saturated rings. The molecular weight excluding hydrogens is 500 g/mol. The van der Waals surface area contributed by atoms with Gasteiger partial charge in [0.1, 0.15) is 34.3 Å². The summed E-state index contributed by atoms with van der Waals surface area (Å²) in [5.41, 5.74) is 5.49. The molecule has 0 bridgehead atoms. The number of fused-ring (bicyclic) bond motifs is 1. The number of benzene rings is 2. The molecule has 0 atom stereocenters. The minimum Gasteiger partial charge on any atom is -0.489 e. The van der Waals surface area contributed by atoms with Gasteiger partial charge in [0.15, 0.2) is 0 Å². The SMILES string of the molecule is CN(CCCCNN1C=c2ncnc(Nc3ccc(OCc4ccccc4)cc3)c2=CC1)CCS(C)(=O)=O. The van der Waals surface area contributed by atoms with Gasteiger partial charge >= 0.3 is 0 Å². The van der Waals surface area contributed by atoms with Crippen LogP contribution in [0.3, 0.4) is 0 Å². The average Bonchev–Trinajstić information content (AvgIpc) is 2.91. The topological polar surface area (TPSA) is 99.7 Å². The van der Waals surface area contributed by atoms with Crippen molar-refractivity contribution in [3.05, 3.63) is 77.1 Å². The van der Waals surface area contributed by atoms with Crippen LogP contribution in [-0.2, 0) is 16.4 Å². The lowest BCUT2D eigenvalue weighted by atomic mass is 10.2. The second-order valence-corrected chi connectivity index (χ2v) is 11.7. The van der Waals surface area contributed by atoms with E-state index in [0.29, 0.717) is 19.7 Å². The number of hydrogen-bond donors (Lipinski definition) is 2. The van der Waals surface area contributed by atoms with Crippen molar-refractivity contribution in [1.82, 2.24) is 25.3 Å². The highest BCUT2D eigenvalue weighted by molar-refractivity contribution is 7.90. The molecule has 1 aliphatic heterocycles. The fourth-order valence-electron chi connectivity index (χ4n) is 3.99. The summed E-state index contributed by atoms with van der Waals surface area (Å²) in [6.07, 6.45) is 8.94. The number of hydrazine groups is 1. The monoisotopic (exact) mass is 536 g/mol. The molecule has 0 aliphatic carbocycles. The van der Waals surface area contributed by atoms with Gasteiger partial charge in [-0.2, -0.15) is 0 Å². The minimum absolute atomic E-state index is 0.201. The first-order valence-corrected chi connectivity index (χ1v) is 14.8. The van der Waals surface area contributed by atoms with E-state index in [-0.39, 0.29) is 5.75 Å². The molecule has 10 heteroatoms. The molecular formula is C28H36N6O3S. The van der Waals surface area contributed by atoms with Gasteiger partial charge in [0, 0.05) is 36.5 Å². The third kappa shape index (κ3) is 8.83. The third-order valence-electron chi connectivity index (χ3n) is 6.18. The van der Waals surface area contributed by atoms with Crippen molar-refractivity contribution in [3.63, 3.8) is 0 Å². The molecule has 2 N–H and O–H groups in total. The summed E-state index contributed by atoms with van der Waals surface area (Å²) in [6.45, 7) is 3.51. The Morgan fingerprint density at radius 2 is 1.82 bits per heavy atom. The number of unbranched alkanes of at least 4 members (excludes halogenated alkanes) is 1. The van der Waals surface area contributed by atoms with Crippen LogP contribution in [0.2, 0.25) is 0 Å². The van der Waals surface area contributed by atoms with Gasteiger partial charge in [-0.1, -0.05) is 36.4 Å². The van der Waals surface area contributed by atoms with Crippen molar-refractivity contribution < 1.29 is 13.2 Å². The quantitative estimate of drug-likeness (QED) is 0.299. The van der Waals surface area contributed by atoms with Crippen LogP contribution in [0.5, 0.6) is 5.75 Å². The Balaban J connectivity index is 1.25. The van der Waals surface area contributed by atoms with Crippen molar-refractivity contribution in [2.24, 2.45) is 0 Å². The second kappa shape index (κ2) is 13.4. The van der Waals surface area contributed by atoms with E-state index in [9.17, 15) is 8.42 Å². The van der Waals surface area contributed by atoms with Crippen molar-refractivity contribution in [2.45, 2.75) is 19.4 Å². The van der Waals surface area contributed by atoms with Gasteiger partial charge in [0.25, 0.3) is 0 Å². The fourth-order valence-corrected chi connectivity index (χ4v) is 4.63. The highest BCUT2D eigenvalue weighted by Gasteiger charge is 2.09. The van der Waals surface area contributed by atoms with Gasteiger partial charge in [0.2, 0.25) is 0 Å². The number of anilines is 2. The van der Waals surface area contributed by atoms with Crippen LogP contribution >= 0.6 is 0 Å². The van der Waals surface area contributed by atoms with Crippen molar-refractivity contribution >= 4 is 33.6 Å². The van der Waals surface area contributed by atoms with E-state index in [1.807, 2.05) is 72.9 Å². The molecule has 1 aliphatic rings. The predicted molar refractivity (Wildman–Crippen MR) is 152 cm³/mol. The Kier molecular flexibility index (Phi) is 9.69. The molecule has 9 nitrogen and oxygen atoms in total. The van der Waals surface area contributed by atoms with E-state index < -0.39 is 9.84 Å². The predicted octanol–water partition coefficient (Wildman–Crippen LogP) is 1.89. The number of nitrogens with zero attached hydrogens (tertiary/aromatic N) is 4. The number of aromatic nitrogens is 2. The van der Waals surface area contributed by atoms with Gasteiger partial charge in [-0.15, -0.1) is 0 Å². The van der Waals surface area contributed by atoms with E-state index in [1.165, 1.54) is 6.26 Å². The van der Waals surface area contributed by atoms with E-state index >= 15 is 0 Å². The van der Waals surface area contributed by atoms with Gasteiger partial charge < -0.3 is 20.0 Å². The lowest BCUT2D eigenvalue weighted by molar-refractivity contribution is 0.306. The Morgan fingerprint density at radius 3 is 2.58 bits per heavy atom. The fraction of sp³-hybridized carbons (Fsp3) is 0.357. The maximum Gasteiger partial charge on any atom is 0.148 e. The summed E-state index contributed by atoms with van der Waals surface area (Å²) in [7, 11) is -0.955. The van der Waals surface area contributed by atoms with Crippen LogP contribution < -0.4 is 26.0 Å². The molecule has 3 aromatic rings. The standard InChI is InChI=1S/C28H36N6O3S/c1-33(18-19-38(2,35)36)16-7-6-15-31-34-17-14-26-27(20-34)29-22-30-28(26)32-24-10-12-25(13-11-24)37-21-23-8-4-3-5-9-23/h3-5,8-14,20,22,31H,6-7,15-19,21H2,1-2H3,(H,29,30,32). The molecule has 38 heavy (non-hydrogen) atoms. The van der Waals surface area contributed by atoms with E-state index in [2.05, 4.69) is 31.7 Å². The maximum absolute atomic E-state index is 11.3. The number of rotatable bonds is 14. The molecule has 0 amide bonds. The largest absolute Gasteiger partial charge is 0.489 e. The van der Waals surface area contributed by atoms with Crippen LogP contribution in [0.25, 0.3) is 12.3 Å².